The number of likely N-dealkylation sites (N-methyl/N-ethyl adjacent to an activating group) is 1. The molecule has 0 unspecified atom stereocenters. The number of thiocarbonyl (C=S) groups is 1. The molecule has 102 valence electrons. The van der Waals surface area contributed by atoms with Gasteiger partial charge in [-0.25, -0.2) is 8.78 Å². The molecule has 1 saturated heterocycles. The number of carbonyl (C=O) groups is 1. The van der Waals surface area contributed by atoms with Crippen molar-refractivity contribution >= 4 is 28.8 Å². The maximum absolute atomic E-state index is 14.0. The third-order valence-corrected chi connectivity index (χ3v) is 3.31. The second-order valence-electron chi connectivity index (χ2n) is 4.39. The van der Waals surface area contributed by atoms with Gasteiger partial charge in [0.05, 0.1) is 6.54 Å². The van der Waals surface area contributed by atoms with E-state index in [0.717, 1.165) is 12.1 Å². The zero-order valence-electron chi connectivity index (χ0n) is 10.3. The van der Waals surface area contributed by atoms with Crippen molar-refractivity contribution in [3.63, 3.8) is 0 Å². The Bertz CT molecular complexity index is 527. The third-order valence-electron chi connectivity index (χ3n) is 3.07. The lowest BCUT2D eigenvalue weighted by molar-refractivity contribution is -0.129. The van der Waals surface area contributed by atoms with Crippen LogP contribution in [-0.2, 0) is 4.79 Å². The largest absolute Gasteiger partial charge is 0.389 e. The highest BCUT2D eigenvalue weighted by molar-refractivity contribution is 7.80. The molecule has 1 aliphatic rings. The molecule has 19 heavy (non-hydrogen) atoms. The Hall–Kier alpha value is -1.76. The molecule has 0 atom stereocenters. The van der Waals surface area contributed by atoms with Crippen molar-refractivity contribution in [3.05, 3.63) is 29.3 Å². The number of amides is 1. The van der Waals surface area contributed by atoms with Gasteiger partial charge in [-0.3, -0.25) is 4.79 Å². The molecule has 0 aromatic heterocycles. The van der Waals surface area contributed by atoms with E-state index in [9.17, 15) is 13.6 Å². The van der Waals surface area contributed by atoms with Crippen molar-refractivity contribution < 1.29 is 13.6 Å². The van der Waals surface area contributed by atoms with E-state index in [1.54, 1.807) is 7.05 Å². The van der Waals surface area contributed by atoms with Crippen molar-refractivity contribution in [1.82, 2.24) is 4.90 Å². The average molecular weight is 285 g/mol. The van der Waals surface area contributed by atoms with E-state index in [0.29, 0.717) is 13.1 Å². The Kier molecular flexibility index (Phi) is 3.66. The SMILES string of the molecule is CN1CCN(c2c(F)cc(C(N)=S)cc2F)CC1=O. The molecular formula is C12H13F2N3OS. The molecule has 0 aliphatic carbocycles. The first-order valence-electron chi connectivity index (χ1n) is 5.68. The van der Waals surface area contributed by atoms with Gasteiger partial charge < -0.3 is 15.5 Å². The minimum absolute atomic E-state index is 0.0449. The van der Waals surface area contributed by atoms with Crippen LogP contribution in [0.1, 0.15) is 5.56 Å². The monoisotopic (exact) mass is 285 g/mol. The highest BCUT2D eigenvalue weighted by atomic mass is 32.1. The lowest BCUT2D eigenvalue weighted by Gasteiger charge is -2.33. The third kappa shape index (κ3) is 2.65. The van der Waals surface area contributed by atoms with Crippen LogP contribution in [0, 0.1) is 11.6 Å². The smallest absolute Gasteiger partial charge is 0.241 e. The molecule has 0 radical (unpaired) electrons. The zero-order valence-corrected chi connectivity index (χ0v) is 11.1. The first-order chi connectivity index (χ1) is 8.90. The highest BCUT2D eigenvalue weighted by Crippen LogP contribution is 2.26. The minimum atomic E-state index is -0.764. The van der Waals surface area contributed by atoms with Crippen LogP contribution in [0.3, 0.4) is 0 Å². The fourth-order valence-corrected chi connectivity index (χ4v) is 2.08. The Morgan fingerprint density at radius 3 is 2.37 bits per heavy atom. The molecule has 2 rings (SSSR count). The lowest BCUT2D eigenvalue weighted by atomic mass is 10.1. The molecule has 1 amide bonds. The van der Waals surface area contributed by atoms with E-state index < -0.39 is 11.6 Å². The molecule has 1 heterocycles. The summed E-state index contributed by atoms with van der Waals surface area (Å²) in [5, 5.41) is 0. The molecule has 1 aromatic rings. The molecule has 1 fully saturated rings. The number of carbonyl (C=O) groups excluding carboxylic acids is 1. The summed E-state index contributed by atoms with van der Waals surface area (Å²) >= 11 is 4.69. The van der Waals surface area contributed by atoms with Crippen LogP contribution in [0.2, 0.25) is 0 Å². The van der Waals surface area contributed by atoms with Crippen molar-refractivity contribution in [1.29, 1.82) is 0 Å². The van der Waals surface area contributed by atoms with Gasteiger partial charge in [-0.1, -0.05) is 12.2 Å². The van der Waals surface area contributed by atoms with Gasteiger partial charge in [0.15, 0.2) is 0 Å². The minimum Gasteiger partial charge on any atom is -0.389 e. The molecule has 0 spiro atoms. The van der Waals surface area contributed by atoms with E-state index in [-0.39, 0.29) is 28.7 Å². The first-order valence-corrected chi connectivity index (χ1v) is 6.08. The van der Waals surface area contributed by atoms with Crippen molar-refractivity contribution in [2.45, 2.75) is 0 Å². The summed E-state index contributed by atoms with van der Waals surface area (Å²) in [6.45, 7) is 0.758. The number of piperazine rings is 1. The van der Waals surface area contributed by atoms with Crippen molar-refractivity contribution in [2.75, 3.05) is 31.6 Å². The van der Waals surface area contributed by atoms with E-state index in [1.807, 2.05) is 0 Å². The molecular weight excluding hydrogens is 272 g/mol. The van der Waals surface area contributed by atoms with Crippen LogP contribution in [0.4, 0.5) is 14.5 Å². The fourth-order valence-electron chi connectivity index (χ4n) is 1.96. The number of nitrogens with zero attached hydrogens (tertiary/aromatic N) is 2. The van der Waals surface area contributed by atoms with Gasteiger partial charge in [0.25, 0.3) is 0 Å². The lowest BCUT2D eigenvalue weighted by Crippen LogP contribution is -2.49. The van der Waals surface area contributed by atoms with Crippen LogP contribution in [-0.4, -0.2) is 42.5 Å². The average Bonchev–Trinajstić information content (AvgIpc) is 2.32. The van der Waals surface area contributed by atoms with Crippen LogP contribution >= 0.6 is 12.2 Å². The molecule has 0 bridgehead atoms. The van der Waals surface area contributed by atoms with Gasteiger partial charge in [0.2, 0.25) is 5.91 Å². The summed E-state index contributed by atoms with van der Waals surface area (Å²) in [7, 11) is 1.66. The summed E-state index contributed by atoms with van der Waals surface area (Å²) in [5.41, 5.74) is 5.27. The molecule has 7 heteroatoms. The van der Waals surface area contributed by atoms with E-state index >= 15 is 0 Å². The number of halogens is 2. The van der Waals surface area contributed by atoms with Crippen LogP contribution < -0.4 is 10.6 Å². The molecule has 1 aromatic carbocycles. The molecule has 1 aliphatic heterocycles. The maximum Gasteiger partial charge on any atom is 0.241 e. The van der Waals surface area contributed by atoms with Gasteiger partial charge in [0, 0.05) is 25.7 Å². The van der Waals surface area contributed by atoms with Crippen LogP contribution in [0.25, 0.3) is 0 Å². The molecule has 0 saturated carbocycles. The quantitative estimate of drug-likeness (QED) is 0.820. The Morgan fingerprint density at radius 2 is 1.89 bits per heavy atom. The van der Waals surface area contributed by atoms with E-state index in [1.165, 1.54) is 9.80 Å². The Labute approximate surface area is 114 Å². The van der Waals surface area contributed by atoms with Crippen molar-refractivity contribution in [2.24, 2.45) is 5.73 Å². The number of benzene rings is 1. The summed E-state index contributed by atoms with van der Waals surface area (Å²) in [4.78, 5) is 14.4. The summed E-state index contributed by atoms with van der Waals surface area (Å²) < 4.78 is 27.9. The van der Waals surface area contributed by atoms with E-state index in [2.05, 4.69) is 12.2 Å². The zero-order chi connectivity index (χ0) is 14.2. The summed E-state index contributed by atoms with van der Waals surface area (Å²) in [6, 6.07) is 2.17. The number of nitrogens with two attached hydrogens (primary N) is 1. The summed E-state index contributed by atoms with van der Waals surface area (Å²) in [6.07, 6.45) is 0. The number of hydrogen-bond donors (Lipinski definition) is 1. The van der Waals surface area contributed by atoms with Gasteiger partial charge in [-0.05, 0) is 12.1 Å². The Morgan fingerprint density at radius 1 is 1.32 bits per heavy atom. The van der Waals surface area contributed by atoms with Gasteiger partial charge >= 0.3 is 0 Å². The van der Waals surface area contributed by atoms with E-state index in [4.69, 9.17) is 5.73 Å². The second kappa shape index (κ2) is 5.08. The van der Waals surface area contributed by atoms with Gasteiger partial charge in [-0.2, -0.15) is 0 Å². The van der Waals surface area contributed by atoms with Gasteiger partial charge in [0.1, 0.15) is 22.3 Å². The number of anilines is 1. The number of rotatable bonds is 2. The maximum atomic E-state index is 14.0. The summed E-state index contributed by atoms with van der Waals surface area (Å²) in [5.74, 6) is -1.70. The fraction of sp³-hybridized carbons (Fsp3) is 0.333. The predicted octanol–water partition coefficient (Wildman–Crippen LogP) is 0.877. The number of hydrogen-bond acceptors (Lipinski definition) is 3. The first kappa shape index (κ1) is 13.7. The van der Waals surface area contributed by atoms with Gasteiger partial charge in [-0.15, -0.1) is 0 Å². The molecule has 4 nitrogen and oxygen atoms in total. The van der Waals surface area contributed by atoms with Crippen LogP contribution in [0.15, 0.2) is 12.1 Å². The molecule has 2 N–H and O–H groups in total. The normalized spacial score (nSPS) is 15.8. The Balaban J connectivity index is 2.35. The second-order valence-corrected chi connectivity index (χ2v) is 4.83. The predicted molar refractivity (Wildman–Crippen MR) is 72.1 cm³/mol. The topological polar surface area (TPSA) is 49.6 Å². The van der Waals surface area contributed by atoms with Crippen LogP contribution in [0.5, 0.6) is 0 Å². The highest BCUT2D eigenvalue weighted by Gasteiger charge is 2.26. The van der Waals surface area contributed by atoms with Crippen molar-refractivity contribution in [3.8, 4) is 0 Å². The standard InChI is InChI=1S/C12H13F2N3OS/c1-16-2-3-17(6-10(16)18)11-8(13)4-7(12(15)19)5-9(11)14/h4-5H,2-3,6H2,1H3,(H2,15,19).